The molecule has 0 aliphatic rings. The Kier molecular flexibility index (Phi) is 3.48. The summed E-state index contributed by atoms with van der Waals surface area (Å²) in [4.78, 5) is 26.9. The average Bonchev–Trinajstić information content (AvgIpc) is 2.39. The fraction of sp³-hybridized carbons (Fsp3) is 0.0714. The van der Waals surface area contributed by atoms with E-state index in [1.165, 1.54) is 6.20 Å². The molecule has 0 unspecified atom stereocenters. The Balaban J connectivity index is 2.39. The van der Waals surface area contributed by atoms with Gasteiger partial charge in [0.05, 0.1) is 12.1 Å². The summed E-state index contributed by atoms with van der Waals surface area (Å²) in [5.74, 6) is -1.21. The highest BCUT2D eigenvalue weighted by atomic mass is 16.4. The van der Waals surface area contributed by atoms with Crippen molar-refractivity contribution in [1.82, 2.24) is 4.98 Å². The van der Waals surface area contributed by atoms with Crippen LogP contribution in [-0.4, -0.2) is 21.8 Å². The van der Waals surface area contributed by atoms with Crippen molar-refractivity contribution in [3.8, 4) is 0 Å². The van der Waals surface area contributed by atoms with Gasteiger partial charge >= 0.3 is 5.97 Å². The van der Waals surface area contributed by atoms with Crippen molar-refractivity contribution in [3.63, 3.8) is 0 Å². The normalized spacial score (nSPS) is 10.0. The molecule has 0 fully saturated rings. The molecule has 1 N–H and O–H groups in total. The minimum absolute atomic E-state index is 0.208. The van der Waals surface area contributed by atoms with Gasteiger partial charge < -0.3 is 5.11 Å². The first-order chi connectivity index (χ1) is 8.68. The number of hydrogen-bond donors (Lipinski definition) is 1. The molecule has 4 nitrogen and oxygen atoms in total. The minimum Gasteiger partial charge on any atom is -0.481 e. The highest BCUT2D eigenvalue weighted by Crippen LogP contribution is 2.13. The molecule has 1 aromatic heterocycles. The number of carbonyl (C=O) groups is 2. The molecule has 0 amide bonds. The molecule has 0 bridgehead atoms. The van der Waals surface area contributed by atoms with Crippen LogP contribution in [0.25, 0.3) is 0 Å². The lowest BCUT2D eigenvalue weighted by atomic mass is 10.0. The lowest BCUT2D eigenvalue weighted by molar-refractivity contribution is -0.136. The molecule has 90 valence electrons. The third kappa shape index (κ3) is 2.60. The van der Waals surface area contributed by atoms with Crippen molar-refractivity contribution in [2.75, 3.05) is 0 Å². The topological polar surface area (TPSA) is 67.3 Å². The van der Waals surface area contributed by atoms with E-state index < -0.39 is 5.97 Å². The monoisotopic (exact) mass is 241 g/mol. The van der Waals surface area contributed by atoms with Crippen LogP contribution in [0.5, 0.6) is 0 Å². The first kappa shape index (κ1) is 12.0. The Hall–Kier alpha value is -2.49. The number of carboxylic acid groups (broad SMARTS) is 1. The van der Waals surface area contributed by atoms with Gasteiger partial charge in [-0.25, -0.2) is 0 Å². The van der Waals surface area contributed by atoms with Crippen LogP contribution < -0.4 is 0 Å². The summed E-state index contributed by atoms with van der Waals surface area (Å²) in [5.41, 5.74) is 1.15. The molecule has 0 radical (unpaired) electrons. The van der Waals surface area contributed by atoms with Gasteiger partial charge in [-0.3, -0.25) is 14.6 Å². The van der Waals surface area contributed by atoms with E-state index in [0.717, 1.165) is 0 Å². The van der Waals surface area contributed by atoms with Crippen molar-refractivity contribution >= 4 is 11.8 Å². The molecule has 0 atom stereocenters. The van der Waals surface area contributed by atoms with Crippen LogP contribution in [0, 0.1) is 0 Å². The largest absolute Gasteiger partial charge is 0.481 e. The molecule has 4 heteroatoms. The van der Waals surface area contributed by atoms with Gasteiger partial charge in [0.15, 0.2) is 5.78 Å². The molecule has 0 saturated carbocycles. The Bertz CT molecular complexity index is 579. The van der Waals surface area contributed by atoms with Gasteiger partial charge in [0.2, 0.25) is 0 Å². The molecular formula is C14H11NO3. The number of benzene rings is 1. The Morgan fingerprint density at radius 2 is 1.78 bits per heavy atom. The number of nitrogens with zero attached hydrogens (tertiary/aromatic N) is 1. The Labute approximate surface area is 104 Å². The summed E-state index contributed by atoms with van der Waals surface area (Å²) >= 11 is 0. The summed E-state index contributed by atoms with van der Waals surface area (Å²) in [6, 6.07) is 12.0. The number of hydrogen-bond acceptors (Lipinski definition) is 3. The van der Waals surface area contributed by atoms with Crippen molar-refractivity contribution < 1.29 is 14.7 Å². The molecule has 0 aliphatic carbocycles. The first-order valence-electron chi connectivity index (χ1n) is 5.44. The number of aromatic nitrogens is 1. The fourth-order valence-electron chi connectivity index (χ4n) is 1.67. The van der Waals surface area contributed by atoms with Crippen LogP contribution in [0.2, 0.25) is 0 Å². The van der Waals surface area contributed by atoms with Crippen LogP contribution in [-0.2, 0) is 11.2 Å². The molecular weight excluding hydrogens is 230 g/mol. The lowest BCUT2D eigenvalue weighted by Gasteiger charge is -2.05. The summed E-state index contributed by atoms with van der Waals surface area (Å²) in [5, 5.41) is 8.79. The average molecular weight is 241 g/mol. The van der Waals surface area contributed by atoms with E-state index in [9.17, 15) is 9.59 Å². The van der Waals surface area contributed by atoms with Gasteiger partial charge in [-0.2, -0.15) is 0 Å². The first-order valence-corrected chi connectivity index (χ1v) is 5.44. The number of carbonyl (C=O) groups excluding carboxylic acids is 1. The molecule has 0 spiro atoms. The number of ketones is 1. The maximum Gasteiger partial charge on any atom is 0.309 e. The molecule has 0 saturated heterocycles. The summed E-state index contributed by atoms with van der Waals surface area (Å²) < 4.78 is 0. The molecule has 18 heavy (non-hydrogen) atoms. The van der Waals surface area contributed by atoms with Gasteiger partial charge in [-0.15, -0.1) is 0 Å². The van der Waals surface area contributed by atoms with Crippen LogP contribution in [0.15, 0.2) is 48.7 Å². The van der Waals surface area contributed by atoms with Gasteiger partial charge in [0.1, 0.15) is 0 Å². The summed E-state index contributed by atoms with van der Waals surface area (Å²) in [7, 11) is 0. The van der Waals surface area contributed by atoms with Crippen LogP contribution in [0.3, 0.4) is 0 Å². The zero-order chi connectivity index (χ0) is 13.0. The van der Waals surface area contributed by atoms with Gasteiger partial charge in [-0.1, -0.05) is 30.3 Å². The second-order valence-electron chi connectivity index (χ2n) is 3.76. The number of pyridine rings is 1. The van der Waals surface area contributed by atoms with Crippen LogP contribution in [0.4, 0.5) is 0 Å². The molecule has 0 aliphatic heterocycles. The van der Waals surface area contributed by atoms with Crippen molar-refractivity contribution in [1.29, 1.82) is 0 Å². The lowest BCUT2D eigenvalue weighted by Crippen LogP contribution is -2.11. The molecule has 2 rings (SSSR count). The zero-order valence-corrected chi connectivity index (χ0v) is 9.54. The van der Waals surface area contributed by atoms with Crippen LogP contribution in [0.1, 0.15) is 21.6 Å². The third-order valence-corrected chi connectivity index (χ3v) is 2.49. The number of rotatable bonds is 4. The van der Waals surface area contributed by atoms with E-state index in [2.05, 4.69) is 4.98 Å². The second kappa shape index (κ2) is 5.23. The minimum atomic E-state index is -1.00. The maximum atomic E-state index is 12.2. The SMILES string of the molecule is O=C(O)Cc1ncccc1C(=O)c1ccccc1. The van der Waals surface area contributed by atoms with Crippen molar-refractivity contribution in [2.45, 2.75) is 6.42 Å². The smallest absolute Gasteiger partial charge is 0.309 e. The van der Waals surface area contributed by atoms with E-state index in [-0.39, 0.29) is 12.2 Å². The van der Waals surface area contributed by atoms with E-state index in [0.29, 0.717) is 16.8 Å². The molecule has 1 heterocycles. The van der Waals surface area contributed by atoms with E-state index in [1.54, 1.807) is 36.4 Å². The van der Waals surface area contributed by atoms with Gasteiger partial charge in [0.25, 0.3) is 0 Å². The maximum absolute atomic E-state index is 12.2. The second-order valence-corrected chi connectivity index (χ2v) is 3.76. The van der Waals surface area contributed by atoms with Crippen LogP contribution >= 0.6 is 0 Å². The number of carboxylic acids is 1. The van der Waals surface area contributed by atoms with E-state index in [4.69, 9.17) is 5.11 Å². The quantitative estimate of drug-likeness (QED) is 0.830. The standard InChI is InChI=1S/C14H11NO3/c16-13(17)9-12-11(7-4-8-15-12)14(18)10-5-2-1-3-6-10/h1-8H,9H2,(H,16,17). The van der Waals surface area contributed by atoms with Crippen molar-refractivity contribution in [2.24, 2.45) is 0 Å². The van der Waals surface area contributed by atoms with Gasteiger partial charge in [-0.05, 0) is 12.1 Å². The van der Waals surface area contributed by atoms with E-state index >= 15 is 0 Å². The highest BCUT2D eigenvalue weighted by Gasteiger charge is 2.15. The predicted molar refractivity (Wildman–Crippen MR) is 65.5 cm³/mol. The third-order valence-electron chi connectivity index (χ3n) is 2.49. The molecule has 2 aromatic rings. The number of aliphatic carboxylic acids is 1. The molecule has 1 aromatic carbocycles. The predicted octanol–water partition coefficient (Wildman–Crippen LogP) is 1.94. The Morgan fingerprint density at radius 1 is 1.06 bits per heavy atom. The summed E-state index contributed by atoms with van der Waals surface area (Å²) in [6.07, 6.45) is 1.23. The van der Waals surface area contributed by atoms with E-state index in [1.807, 2.05) is 6.07 Å². The highest BCUT2D eigenvalue weighted by molar-refractivity contribution is 6.09. The zero-order valence-electron chi connectivity index (χ0n) is 9.54. The Morgan fingerprint density at radius 3 is 2.44 bits per heavy atom. The van der Waals surface area contributed by atoms with Crippen molar-refractivity contribution in [3.05, 3.63) is 65.5 Å². The summed E-state index contributed by atoms with van der Waals surface area (Å²) in [6.45, 7) is 0. The fourth-order valence-corrected chi connectivity index (χ4v) is 1.67. The van der Waals surface area contributed by atoms with Gasteiger partial charge in [0, 0.05) is 17.3 Å².